The number of hydrogen-bond acceptors (Lipinski definition) is 3. The minimum absolute atomic E-state index is 0.0861. The molecule has 20 heavy (non-hydrogen) atoms. The Morgan fingerprint density at radius 2 is 2.25 bits per heavy atom. The van der Waals surface area contributed by atoms with Crippen LogP contribution in [0.4, 0.5) is 10.5 Å². The van der Waals surface area contributed by atoms with E-state index in [4.69, 9.17) is 4.42 Å². The van der Waals surface area contributed by atoms with Crippen molar-refractivity contribution in [3.63, 3.8) is 0 Å². The third-order valence-corrected chi connectivity index (χ3v) is 3.44. The molecule has 0 fully saturated rings. The van der Waals surface area contributed by atoms with Crippen molar-refractivity contribution in [1.29, 1.82) is 0 Å². The molecule has 2 aromatic rings. The van der Waals surface area contributed by atoms with Crippen LogP contribution in [0.15, 0.2) is 41.0 Å². The molecule has 1 atom stereocenters. The summed E-state index contributed by atoms with van der Waals surface area (Å²) in [6, 6.07) is 8.73. The van der Waals surface area contributed by atoms with Gasteiger partial charge in [-0.05, 0) is 65.4 Å². The molecule has 1 heterocycles. The predicted octanol–water partition coefficient (Wildman–Crippen LogP) is 3.05. The monoisotopic (exact) mass is 386 g/mol. The van der Waals surface area contributed by atoms with Gasteiger partial charge in [-0.1, -0.05) is 0 Å². The van der Waals surface area contributed by atoms with Gasteiger partial charge in [0.15, 0.2) is 0 Å². The smallest absolute Gasteiger partial charge is 0.319 e. The van der Waals surface area contributed by atoms with Crippen LogP contribution in [-0.4, -0.2) is 17.7 Å². The molecule has 6 heteroatoms. The number of amides is 2. The molecule has 106 valence electrons. The SMILES string of the molecule is Cc1cc(I)ccc1NC(=O)NCC(O)c1ccco1. The lowest BCUT2D eigenvalue weighted by Crippen LogP contribution is -2.32. The second kappa shape index (κ2) is 6.76. The van der Waals surface area contributed by atoms with Gasteiger partial charge in [0.1, 0.15) is 11.9 Å². The quantitative estimate of drug-likeness (QED) is 0.708. The van der Waals surface area contributed by atoms with Crippen LogP contribution in [0.2, 0.25) is 0 Å². The van der Waals surface area contributed by atoms with Crippen LogP contribution in [0.5, 0.6) is 0 Å². The normalized spacial score (nSPS) is 11.9. The van der Waals surface area contributed by atoms with Crippen molar-refractivity contribution >= 4 is 34.3 Å². The minimum atomic E-state index is -0.853. The molecule has 0 aliphatic carbocycles. The average Bonchev–Trinajstić information content (AvgIpc) is 2.93. The molecule has 0 saturated heterocycles. The molecule has 1 unspecified atom stereocenters. The van der Waals surface area contributed by atoms with E-state index in [1.165, 1.54) is 6.26 Å². The molecule has 0 saturated carbocycles. The van der Waals surface area contributed by atoms with E-state index >= 15 is 0 Å². The highest BCUT2D eigenvalue weighted by atomic mass is 127. The molecule has 2 rings (SSSR count). The highest BCUT2D eigenvalue weighted by molar-refractivity contribution is 14.1. The molecule has 0 spiro atoms. The number of halogens is 1. The standard InChI is InChI=1S/C14H15IN2O3/c1-9-7-10(15)4-5-11(9)17-14(19)16-8-12(18)13-3-2-6-20-13/h2-7,12,18H,8H2,1H3,(H2,16,17,19). The van der Waals surface area contributed by atoms with Crippen molar-refractivity contribution in [3.05, 3.63) is 51.5 Å². The van der Waals surface area contributed by atoms with E-state index in [0.717, 1.165) is 14.8 Å². The maximum Gasteiger partial charge on any atom is 0.319 e. The first-order valence-corrected chi connectivity index (χ1v) is 7.16. The highest BCUT2D eigenvalue weighted by Gasteiger charge is 2.12. The summed E-state index contributed by atoms with van der Waals surface area (Å²) in [5, 5.41) is 15.1. The maximum absolute atomic E-state index is 11.8. The van der Waals surface area contributed by atoms with Crippen LogP contribution in [0.1, 0.15) is 17.4 Å². The largest absolute Gasteiger partial charge is 0.467 e. The number of aliphatic hydroxyl groups is 1. The lowest BCUT2D eigenvalue weighted by Gasteiger charge is -2.12. The van der Waals surface area contributed by atoms with Crippen molar-refractivity contribution in [1.82, 2.24) is 5.32 Å². The number of urea groups is 1. The molecule has 5 nitrogen and oxygen atoms in total. The van der Waals surface area contributed by atoms with E-state index in [1.807, 2.05) is 25.1 Å². The van der Waals surface area contributed by atoms with Crippen LogP contribution in [-0.2, 0) is 0 Å². The van der Waals surface area contributed by atoms with Gasteiger partial charge < -0.3 is 20.2 Å². The van der Waals surface area contributed by atoms with Gasteiger partial charge in [-0.15, -0.1) is 0 Å². The Hall–Kier alpha value is -1.54. The fourth-order valence-corrected chi connectivity index (χ4v) is 2.35. The number of nitrogens with one attached hydrogen (secondary N) is 2. The van der Waals surface area contributed by atoms with Gasteiger partial charge in [0, 0.05) is 9.26 Å². The first kappa shape index (κ1) is 14.9. The van der Waals surface area contributed by atoms with Gasteiger partial charge in [-0.2, -0.15) is 0 Å². The second-order valence-electron chi connectivity index (χ2n) is 4.33. The summed E-state index contributed by atoms with van der Waals surface area (Å²) in [5.74, 6) is 0.427. The fraction of sp³-hybridized carbons (Fsp3) is 0.214. The van der Waals surface area contributed by atoms with Crippen LogP contribution in [0.25, 0.3) is 0 Å². The number of benzene rings is 1. The lowest BCUT2D eigenvalue weighted by molar-refractivity contribution is 0.149. The Morgan fingerprint density at radius 3 is 2.90 bits per heavy atom. The summed E-state index contributed by atoms with van der Waals surface area (Å²) in [6.45, 7) is 2.01. The van der Waals surface area contributed by atoms with Gasteiger partial charge in [0.25, 0.3) is 0 Å². The van der Waals surface area contributed by atoms with Crippen LogP contribution in [0.3, 0.4) is 0 Å². The average molecular weight is 386 g/mol. The fourth-order valence-electron chi connectivity index (χ4n) is 1.70. The molecule has 1 aromatic carbocycles. The molecular weight excluding hydrogens is 371 g/mol. The molecule has 0 aliphatic heterocycles. The van der Waals surface area contributed by atoms with Crippen LogP contribution in [0, 0.1) is 10.5 Å². The minimum Gasteiger partial charge on any atom is -0.467 e. The zero-order chi connectivity index (χ0) is 14.5. The summed E-state index contributed by atoms with van der Waals surface area (Å²) < 4.78 is 6.17. The Labute approximate surface area is 130 Å². The van der Waals surface area contributed by atoms with E-state index in [1.54, 1.807) is 12.1 Å². The Balaban J connectivity index is 1.86. The first-order valence-electron chi connectivity index (χ1n) is 6.08. The number of anilines is 1. The Bertz CT molecular complexity index is 584. The zero-order valence-corrected chi connectivity index (χ0v) is 13.0. The molecule has 3 N–H and O–H groups in total. The maximum atomic E-state index is 11.8. The number of hydrogen-bond donors (Lipinski definition) is 3. The van der Waals surface area contributed by atoms with Gasteiger partial charge in [0.2, 0.25) is 0 Å². The number of rotatable bonds is 4. The summed E-state index contributed by atoms with van der Waals surface area (Å²) in [6.07, 6.45) is 0.627. The van der Waals surface area contributed by atoms with Gasteiger partial charge in [-0.3, -0.25) is 0 Å². The third kappa shape index (κ3) is 3.97. The summed E-state index contributed by atoms with van der Waals surface area (Å²) in [5.41, 5.74) is 1.73. The number of furan rings is 1. The Morgan fingerprint density at radius 1 is 1.45 bits per heavy atom. The number of aryl methyl sites for hydroxylation is 1. The summed E-state index contributed by atoms with van der Waals surface area (Å²) in [7, 11) is 0. The first-order chi connectivity index (χ1) is 9.56. The second-order valence-corrected chi connectivity index (χ2v) is 5.57. The predicted molar refractivity (Wildman–Crippen MR) is 84.6 cm³/mol. The summed E-state index contributed by atoms with van der Waals surface area (Å²) >= 11 is 2.22. The highest BCUT2D eigenvalue weighted by Crippen LogP contribution is 2.17. The van der Waals surface area contributed by atoms with E-state index in [0.29, 0.717) is 5.76 Å². The lowest BCUT2D eigenvalue weighted by atomic mass is 10.2. The third-order valence-electron chi connectivity index (χ3n) is 2.76. The van der Waals surface area contributed by atoms with Crippen LogP contribution < -0.4 is 10.6 Å². The van der Waals surface area contributed by atoms with E-state index < -0.39 is 6.10 Å². The molecule has 0 radical (unpaired) electrons. The number of carbonyl (C=O) groups excluding carboxylic acids is 1. The Kier molecular flexibility index (Phi) is 5.02. The van der Waals surface area contributed by atoms with Crippen molar-refractivity contribution in [2.24, 2.45) is 0 Å². The summed E-state index contributed by atoms with van der Waals surface area (Å²) in [4.78, 5) is 11.8. The van der Waals surface area contributed by atoms with Gasteiger partial charge in [0.05, 0.1) is 12.8 Å². The van der Waals surface area contributed by atoms with Crippen molar-refractivity contribution in [2.45, 2.75) is 13.0 Å². The molecule has 2 amide bonds. The molecule has 1 aromatic heterocycles. The van der Waals surface area contributed by atoms with E-state index in [2.05, 4.69) is 33.2 Å². The van der Waals surface area contributed by atoms with Gasteiger partial charge in [-0.25, -0.2) is 4.79 Å². The molecule has 0 aliphatic rings. The topological polar surface area (TPSA) is 74.5 Å². The zero-order valence-electron chi connectivity index (χ0n) is 10.9. The van der Waals surface area contributed by atoms with Crippen molar-refractivity contribution in [3.8, 4) is 0 Å². The van der Waals surface area contributed by atoms with Crippen molar-refractivity contribution in [2.75, 3.05) is 11.9 Å². The van der Waals surface area contributed by atoms with E-state index in [-0.39, 0.29) is 12.6 Å². The number of aliphatic hydroxyl groups excluding tert-OH is 1. The van der Waals surface area contributed by atoms with E-state index in [9.17, 15) is 9.90 Å². The molecule has 0 bridgehead atoms. The van der Waals surface area contributed by atoms with Crippen molar-refractivity contribution < 1.29 is 14.3 Å². The number of carbonyl (C=O) groups is 1. The van der Waals surface area contributed by atoms with Crippen LogP contribution >= 0.6 is 22.6 Å². The van der Waals surface area contributed by atoms with Gasteiger partial charge >= 0.3 is 6.03 Å². The molecular formula is C14H15IN2O3.